The second-order valence-corrected chi connectivity index (χ2v) is 8.14. The van der Waals surface area contributed by atoms with Gasteiger partial charge in [0.25, 0.3) is 5.91 Å². The number of carbonyl (C=O) groups is 1. The summed E-state index contributed by atoms with van der Waals surface area (Å²) in [7, 11) is -1.84. The second-order valence-electron chi connectivity index (χ2n) is 6.23. The molecule has 0 saturated carbocycles. The average Bonchev–Trinajstić information content (AvgIpc) is 2.68. The van der Waals surface area contributed by atoms with Crippen molar-refractivity contribution in [2.45, 2.75) is 13.0 Å². The third-order valence-electron chi connectivity index (χ3n) is 3.91. The molecule has 152 valence electrons. The molecular formula is C20H26N2O5S. The second kappa shape index (κ2) is 10.7. The van der Waals surface area contributed by atoms with Gasteiger partial charge in [0, 0.05) is 20.3 Å². The number of nitrogens with one attached hydrogen (secondary N) is 1. The molecule has 2 aromatic rings. The van der Waals surface area contributed by atoms with Crippen molar-refractivity contribution in [1.82, 2.24) is 5.32 Å². The summed E-state index contributed by atoms with van der Waals surface area (Å²) in [6.07, 6.45) is 1.91. The van der Waals surface area contributed by atoms with Crippen LogP contribution in [0.25, 0.3) is 0 Å². The largest absolute Gasteiger partial charge is 0.484 e. The first-order valence-corrected chi connectivity index (χ1v) is 10.7. The summed E-state index contributed by atoms with van der Waals surface area (Å²) < 4.78 is 36.1. The van der Waals surface area contributed by atoms with Gasteiger partial charge in [-0.15, -0.1) is 0 Å². The minimum absolute atomic E-state index is 0.105. The van der Waals surface area contributed by atoms with Gasteiger partial charge in [-0.25, -0.2) is 8.42 Å². The topological polar surface area (TPSA) is 84.9 Å². The molecule has 7 nitrogen and oxygen atoms in total. The van der Waals surface area contributed by atoms with Crippen molar-refractivity contribution in [3.63, 3.8) is 0 Å². The highest BCUT2D eigenvalue weighted by Crippen LogP contribution is 2.23. The molecule has 0 aliphatic rings. The van der Waals surface area contributed by atoms with Crippen LogP contribution in [0, 0.1) is 0 Å². The fraction of sp³-hybridized carbons (Fsp3) is 0.350. The van der Waals surface area contributed by atoms with Crippen LogP contribution in [0.2, 0.25) is 0 Å². The number of anilines is 1. The summed E-state index contributed by atoms with van der Waals surface area (Å²) in [6, 6.07) is 16.0. The predicted molar refractivity (Wildman–Crippen MR) is 109 cm³/mol. The summed E-state index contributed by atoms with van der Waals surface area (Å²) in [5.74, 6) is 0.269. The van der Waals surface area contributed by atoms with Crippen molar-refractivity contribution in [3.05, 3.63) is 60.2 Å². The number of nitrogens with zero attached hydrogens (tertiary/aromatic N) is 1. The number of hydrogen-bond donors (Lipinski definition) is 1. The van der Waals surface area contributed by atoms with E-state index < -0.39 is 10.0 Å². The van der Waals surface area contributed by atoms with E-state index in [-0.39, 0.29) is 19.1 Å². The van der Waals surface area contributed by atoms with Crippen molar-refractivity contribution in [2.75, 3.05) is 37.4 Å². The van der Waals surface area contributed by atoms with Gasteiger partial charge >= 0.3 is 0 Å². The predicted octanol–water partition coefficient (Wildman–Crippen LogP) is 2.18. The molecule has 0 aliphatic carbocycles. The Morgan fingerprint density at radius 1 is 1.07 bits per heavy atom. The molecule has 0 aliphatic heterocycles. The van der Waals surface area contributed by atoms with E-state index >= 15 is 0 Å². The molecule has 2 rings (SSSR count). The normalized spacial score (nSPS) is 11.1. The van der Waals surface area contributed by atoms with Gasteiger partial charge in [0.05, 0.1) is 18.5 Å². The lowest BCUT2D eigenvalue weighted by atomic mass is 10.2. The molecule has 0 atom stereocenters. The molecule has 28 heavy (non-hydrogen) atoms. The highest BCUT2D eigenvalue weighted by Gasteiger charge is 2.18. The molecule has 0 heterocycles. The SMILES string of the molecule is COCCCNC(=O)COc1ccc(N(Cc2ccccc2)S(C)(=O)=O)cc1. The molecule has 2 aromatic carbocycles. The minimum Gasteiger partial charge on any atom is -0.484 e. The summed E-state index contributed by atoms with van der Waals surface area (Å²) in [5, 5.41) is 2.73. The van der Waals surface area contributed by atoms with Crippen LogP contribution in [0.15, 0.2) is 54.6 Å². The lowest BCUT2D eigenvalue weighted by Crippen LogP contribution is -2.30. The molecule has 0 aromatic heterocycles. The maximum Gasteiger partial charge on any atom is 0.257 e. The number of methoxy groups -OCH3 is 1. The molecule has 1 amide bonds. The summed E-state index contributed by atoms with van der Waals surface area (Å²) in [5.41, 5.74) is 1.42. The smallest absolute Gasteiger partial charge is 0.257 e. The van der Waals surface area contributed by atoms with Gasteiger partial charge < -0.3 is 14.8 Å². The Hall–Kier alpha value is -2.58. The van der Waals surface area contributed by atoms with E-state index in [9.17, 15) is 13.2 Å². The Balaban J connectivity index is 1.96. The monoisotopic (exact) mass is 406 g/mol. The van der Waals surface area contributed by atoms with Crippen molar-refractivity contribution in [1.29, 1.82) is 0 Å². The number of sulfonamides is 1. The fourth-order valence-electron chi connectivity index (χ4n) is 2.50. The highest BCUT2D eigenvalue weighted by molar-refractivity contribution is 7.92. The van der Waals surface area contributed by atoms with Gasteiger partial charge in [-0.2, -0.15) is 0 Å². The van der Waals surface area contributed by atoms with E-state index in [1.54, 1.807) is 31.4 Å². The molecule has 0 saturated heterocycles. The van der Waals surface area contributed by atoms with Crippen LogP contribution in [0.4, 0.5) is 5.69 Å². The van der Waals surface area contributed by atoms with E-state index in [0.29, 0.717) is 24.6 Å². The van der Waals surface area contributed by atoms with Crippen LogP contribution in [0.5, 0.6) is 5.75 Å². The third kappa shape index (κ3) is 7.21. The zero-order chi connectivity index (χ0) is 20.4. The van der Waals surface area contributed by atoms with Gasteiger partial charge in [-0.1, -0.05) is 30.3 Å². The third-order valence-corrected chi connectivity index (χ3v) is 5.05. The first-order valence-electron chi connectivity index (χ1n) is 8.90. The molecular weight excluding hydrogens is 380 g/mol. The zero-order valence-corrected chi connectivity index (χ0v) is 16.9. The molecule has 0 unspecified atom stereocenters. The number of ether oxygens (including phenoxy) is 2. The van der Waals surface area contributed by atoms with E-state index in [2.05, 4.69) is 5.32 Å². The zero-order valence-electron chi connectivity index (χ0n) is 16.1. The van der Waals surface area contributed by atoms with Gasteiger partial charge in [0.15, 0.2) is 6.61 Å². The highest BCUT2D eigenvalue weighted by atomic mass is 32.2. The van der Waals surface area contributed by atoms with Gasteiger partial charge in [0.1, 0.15) is 5.75 Å². The first-order chi connectivity index (χ1) is 13.4. The molecule has 0 radical (unpaired) electrons. The Bertz CT molecular complexity index is 839. The number of hydrogen-bond acceptors (Lipinski definition) is 5. The number of benzene rings is 2. The van der Waals surface area contributed by atoms with Crippen LogP contribution >= 0.6 is 0 Å². The number of amides is 1. The van der Waals surface area contributed by atoms with Crippen molar-refractivity contribution in [2.24, 2.45) is 0 Å². The summed E-state index contributed by atoms with van der Waals surface area (Å²) in [4.78, 5) is 11.7. The Morgan fingerprint density at radius 2 is 1.75 bits per heavy atom. The first kappa shape index (κ1) is 21.7. The lowest BCUT2D eigenvalue weighted by molar-refractivity contribution is -0.123. The molecule has 0 fully saturated rings. The molecule has 1 N–H and O–H groups in total. The Kier molecular flexibility index (Phi) is 8.28. The minimum atomic E-state index is -3.45. The van der Waals surface area contributed by atoms with E-state index in [4.69, 9.17) is 9.47 Å². The van der Waals surface area contributed by atoms with Crippen LogP contribution < -0.4 is 14.4 Å². The summed E-state index contributed by atoms with van der Waals surface area (Å²) in [6.45, 7) is 1.25. The maximum atomic E-state index is 12.2. The van der Waals surface area contributed by atoms with E-state index in [0.717, 1.165) is 12.0 Å². The van der Waals surface area contributed by atoms with Crippen molar-refractivity contribution < 1.29 is 22.7 Å². The van der Waals surface area contributed by atoms with Crippen LogP contribution in [-0.4, -0.2) is 47.4 Å². The Morgan fingerprint density at radius 3 is 2.36 bits per heavy atom. The maximum absolute atomic E-state index is 12.2. The quantitative estimate of drug-likeness (QED) is 0.578. The van der Waals surface area contributed by atoms with Crippen LogP contribution in [0.1, 0.15) is 12.0 Å². The fourth-order valence-corrected chi connectivity index (χ4v) is 3.39. The van der Waals surface area contributed by atoms with E-state index in [1.807, 2.05) is 30.3 Å². The molecule has 8 heteroatoms. The summed E-state index contributed by atoms with van der Waals surface area (Å²) >= 11 is 0. The molecule has 0 bridgehead atoms. The molecule has 0 spiro atoms. The van der Waals surface area contributed by atoms with Crippen LogP contribution in [-0.2, 0) is 26.1 Å². The standard InChI is InChI=1S/C20H26N2O5S/c1-26-14-6-13-21-20(23)16-27-19-11-9-18(10-12-19)22(28(2,24)25)15-17-7-4-3-5-8-17/h3-5,7-12H,6,13-16H2,1-2H3,(H,21,23). The Labute approximate surface area is 166 Å². The lowest BCUT2D eigenvalue weighted by Gasteiger charge is -2.22. The van der Waals surface area contributed by atoms with Crippen molar-refractivity contribution in [3.8, 4) is 5.75 Å². The van der Waals surface area contributed by atoms with E-state index in [1.165, 1.54) is 10.6 Å². The van der Waals surface area contributed by atoms with Gasteiger partial charge in [0.2, 0.25) is 10.0 Å². The average molecular weight is 407 g/mol. The number of carbonyl (C=O) groups excluding carboxylic acids is 1. The van der Waals surface area contributed by atoms with Gasteiger partial charge in [-0.3, -0.25) is 9.10 Å². The number of rotatable bonds is 11. The van der Waals surface area contributed by atoms with Gasteiger partial charge in [-0.05, 0) is 36.2 Å². The van der Waals surface area contributed by atoms with Crippen LogP contribution in [0.3, 0.4) is 0 Å². The van der Waals surface area contributed by atoms with Crippen molar-refractivity contribution >= 4 is 21.6 Å².